The van der Waals surface area contributed by atoms with Crippen LogP contribution >= 0.6 is 0 Å². The number of ether oxygens (including phenoxy) is 1. The van der Waals surface area contributed by atoms with Crippen LogP contribution in [0.25, 0.3) is 6.08 Å². The van der Waals surface area contributed by atoms with Crippen molar-refractivity contribution in [1.29, 1.82) is 0 Å². The van der Waals surface area contributed by atoms with E-state index in [1.54, 1.807) is 30.3 Å². The molecule has 0 atom stereocenters. The summed E-state index contributed by atoms with van der Waals surface area (Å²) in [4.78, 5) is 22.2. The normalized spacial score (nSPS) is 10.8. The molecule has 0 radical (unpaired) electrons. The lowest BCUT2D eigenvalue weighted by atomic mass is 10.2. The fourth-order valence-corrected chi connectivity index (χ4v) is 2.59. The first-order valence-electron chi connectivity index (χ1n) is 9.55. The number of rotatable bonds is 11. The van der Waals surface area contributed by atoms with Crippen molar-refractivity contribution >= 4 is 23.4 Å². The summed E-state index contributed by atoms with van der Waals surface area (Å²) in [5.41, 5.74) is 1.40. The molecule has 0 aliphatic rings. The van der Waals surface area contributed by atoms with Gasteiger partial charge in [0.2, 0.25) is 5.91 Å². The van der Waals surface area contributed by atoms with E-state index in [1.807, 2.05) is 12.1 Å². The maximum Gasteiger partial charge on any atom is 0.269 e. The predicted molar refractivity (Wildman–Crippen MR) is 111 cm³/mol. The Labute approximate surface area is 165 Å². The molecule has 0 bridgehead atoms. The maximum absolute atomic E-state index is 12.0. The zero-order valence-electron chi connectivity index (χ0n) is 16.1. The molecule has 0 aromatic heterocycles. The highest BCUT2D eigenvalue weighted by Gasteiger charge is 2.03. The van der Waals surface area contributed by atoms with Gasteiger partial charge in [-0.25, -0.2) is 0 Å². The summed E-state index contributed by atoms with van der Waals surface area (Å²) in [6.07, 6.45) is 8.98. The molecular formula is C22H26N2O4. The number of amides is 1. The number of non-ortho nitro benzene ring substituents is 1. The van der Waals surface area contributed by atoms with Crippen molar-refractivity contribution < 1.29 is 14.5 Å². The van der Waals surface area contributed by atoms with Crippen LogP contribution in [0.4, 0.5) is 11.4 Å². The fraction of sp³-hybridized carbons (Fsp3) is 0.318. The van der Waals surface area contributed by atoms with Crippen LogP contribution in [0.2, 0.25) is 0 Å². The minimum absolute atomic E-state index is 0.0184. The van der Waals surface area contributed by atoms with E-state index in [1.165, 1.54) is 43.9 Å². The average Bonchev–Trinajstić information content (AvgIpc) is 2.70. The number of nitro benzene ring substituents is 1. The van der Waals surface area contributed by atoms with E-state index in [-0.39, 0.29) is 11.6 Å². The minimum Gasteiger partial charge on any atom is -0.494 e. The Bertz CT molecular complexity index is 783. The highest BCUT2D eigenvalue weighted by molar-refractivity contribution is 6.01. The van der Waals surface area contributed by atoms with Gasteiger partial charge in [-0.3, -0.25) is 14.9 Å². The first-order chi connectivity index (χ1) is 13.6. The highest BCUT2D eigenvalue weighted by atomic mass is 16.6. The lowest BCUT2D eigenvalue weighted by Gasteiger charge is -2.07. The van der Waals surface area contributed by atoms with E-state index >= 15 is 0 Å². The van der Waals surface area contributed by atoms with Gasteiger partial charge in [-0.05, 0) is 54.5 Å². The van der Waals surface area contributed by atoms with E-state index in [9.17, 15) is 14.9 Å². The lowest BCUT2D eigenvalue weighted by Crippen LogP contribution is -2.07. The van der Waals surface area contributed by atoms with E-state index in [4.69, 9.17) is 4.74 Å². The van der Waals surface area contributed by atoms with Gasteiger partial charge >= 0.3 is 0 Å². The first-order valence-corrected chi connectivity index (χ1v) is 9.55. The predicted octanol–water partition coefficient (Wildman–Crippen LogP) is 5.60. The van der Waals surface area contributed by atoms with Crippen molar-refractivity contribution in [1.82, 2.24) is 0 Å². The van der Waals surface area contributed by atoms with Crippen molar-refractivity contribution in [2.24, 2.45) is 0 Å². The van der Waals surface area contributed by atoms with Gasteiger partial charge in [-0.2, -0.15) is 0 Å². The molecule has 2 rings (SSSR count). The third-order valence-electron chi connectivity index (χ3n) is 4.17. The Morgan fingerprint density at radius 3 is 2.36 bits per heavy atom. The molecule has 148 valence electrons. The van der Waals surface area contributed by atoms with Crippen molar-refractivity contribution in [2.75, 3.05) is 11.9 Å². The maximum atomic E-state index is 12.0. The van der Waals surface area contributed by atoms with Gasteiger partial charge in [-0.1, -0.05) is 32.6 Å². The molecule has 2 aromatic rings. The summed E-state index contributed by atoms with van der Waals surface area (Å²) in [5, 5.41) is 13.4. The molecule has 0 unspecified atom stereocenters. The van der Waals surface area contributed by atoms with Gasteiger partial charge in [-0.15, -0.1) is 0 Å². The molecule has 0 fully saturated rings. The molecule has 28 heavy (non-hydrogen) atoms. The molecule has 0 saturated carbocycles. The molecule has 2 aromatic carbocycles. The molecule has 0 spiro atoms. The number of hydrogen-bond acceptors (Lipinski definition) is 4. The van der Waals surface area contributed by atoms with Crippen LogP contribution in [0, 0.1) is 10.1 Å². The second kappa shape index (κ2) is 11.5. The highest BCUT2D eigenvalue weighted by Crippen LogP contribution is 2.17. The Balaban J connectivity index is 1.76. The number of benzene rings is 2. The van der Waals surface area contributed by atoms with Crippen LogP contribution in [0.5, 0.6) is 5.75 Å². The second-order valence-corrected chi connectivity index (χ2v) is 6.46. The monoisotopic (exact) mass is 382 g/mol. The Morgan fingerprint density at radius 2 is 1.71 bits per heavy atom. The molecule has 0 heterocycles. The van der Waals surface area contributed by atoms with Crippen LogP contribution < -0.4 is 10.1 Å². The third kappa shape index (κ3) is 7.61. The van der Waals surface area contributed by atoms with Crippen LogP contribution in [0.15, 0.2) is 54.6 Å². The quantitative estimate of drug-likeness (QED) is 0.237. The number of nitro groups is 1. The zero-order valence-corrected chi connectivity index (χ0v) is 16.1. The van der Waals surface area contributed by atoms with E-state index in [2.05, 4.69) is 12.2 Å². The van der Waals surface area contributed by atoms with Crippen LogP contribution in [0.3, 0.4) is 0 Å². The largest absolute Gasteiger partial charge is 0.494 e. The van der Waals surface area contributed by atoms with Gasteiger partial charge < -0.3 is 10.1 Å². The van der Waals surface area contributed by atoms with Crippen molar-refractivity contribution in [2.45, 2.75) is 39.0 Å². The summed E-state index contributed by atoms with van der Waals surface area (Å²) in [5.74, 6) is 0.512. The smallest absolute Gasteiger partial charge is 0.269 e. The second-order valence-electron chi connectivity index (χ2n) is 6.46. The van der Waals surface area contributed by atoms with Crippen molar-refractivity contribution in [3.63, 3.8) is 0 Å². The molecule has 1 N–H and O–H groups in total. The molecule has 6 heteroatoms. The lowest BCUT2D eigenvalue weighted by molar-refractivity contribution is -0.384. The van der Waals surface area contributed by atoms with Gasteiger partial charge in [0.15, 0.2) is 0 Å². The van der Waals surface area contributed by atoms with Gasteiger partial charge in [0, 0.05) is 23.9 Å². The number of nitrogens with zero attached hydrogens (tertiary/aromatic N) is 1. The van der Waals surface area contributed by atoms with Gasteiger partial charge in [0.25, 0.3) is 5.69 Å². The molecule has 0 aliphatic heterocycles. The standard InChI is InChI=1S/C22H26N2O4/c1-2-3-4-5-6-17-28-21-14-10-19(11-15-21)23-22(25)16-9-18-7-12-20(13-8-18)24(26)27/h7-16H,2-6,17H2,1H3,(H,23,25)/b16-9+. The number of nitrogens with one attached hydrogen (secondary N) is 1. The Morgan fingerprint density at radius 1 is 1.04 bits per heavy atom. The van der Waals surface area contributed by atoms with Crippen LogP contribution in [-0.2, 0) is 4.79 Å². The van der Waals surface area contributed by atoms with E-state index in [0.717, 1.165) is 12.2 Å². The SMILES string of the molecule is CCCCCCCOc1ccc(NC(=O)/C=C/c2ccc([N+](=O)[O-])cc2)cc1. The summed E-state index contributed by atoms with van der Waals surface area (Å²) in [7, 11) is 0. The molecule has 0 aliphatic carbocycles. The van der Waals surface area contributed by atoms with Crippen molar-refractivity contribution in [3.05, 3.63) is 70.3 Å². The minimum atomic E-state index is -0.458. The Hall–Kier alpha value is -3.15. The summed E-state index contributed by atoms with van der Waals surface area (Å²) in [6, 6.07) is 13.3. The first kappa shape index (κ1) is 21.2. The average molecular weight is 382 g/mol. The topological polar surface area (TPSA) is 81.5 Å². The summed E-state index contributed by atoms with van der Waals surface area (Å²) in [6.45, 7) is 2.90. The molecule has 6 nitrogen and oxygen atoms in total. The molecule has 1 amide bonds. The molecular weight excluding hydrogens is 356 g/mol. The van der Waals surface area contributed by atoms with Gasteiger partial charge in [0.1, 0.15) is 5.75 Å². The Kier molecular flexibility index (Phi) is 8.72. The number of carbonyl (C=O) groups excluding carboxylic acids is 1. The number of hydrogen-bond donors (Lipinski definition) is 1. The van der Waals surface area contributed by atoms with Crippen molar-refractivity contribution in [3.8, 4) is 5.75 Å². The third-order valence-corrected chi connectivity index (χ3v) is 4.17. The fourth-order valence-electron chi connectivity index (χ4n) is 2.59. The van der Waals surface area contributed by atoms with Crippen LogP contribution in [-0.4, -0.2) is 17.4 Å². The number of anilines is 1. The number of unbranched alkanes of at least 4 members (excludes halogenated alkanes) is 4. The molecule has 0 saturated heterocycles. The van der Waals surface area contributed by atoms with E-state index < -0.39 is 4.92 Å². The van der Waals surface area contributed by atoms with Gasteiger partial charge in [0.05, 0.1) is 11.5 Å². The van der Waals surface area contributed by atoms with Crippen LogP contribution in [0.1, 0.15) is 44.6 Å². The summed E-state index contributed by atoms with van der Waals surface area (Å²) >= 11 is 0. The van der Waals surface area contributed by atoms with E-state index in [0.29, 0.717) is 17.9 Å². The summed E-state index contributed by atoms with van der Waals surface area (Å²) < 4.78 is 5.70. The number of carbonyl (C=O) groups is 1. The zero-order chi connectivity index (χ0) is 20.2.